The van der Waals surface area contributed by atoms with Gasteiger partial charge in [0.2, 0.25) is 5.91 Å². The van der Waals surface area contributed by atoms with Crippen molar-refractivity contribution in [2.24, 2.45) is 0 Å². The third-order valence-electron chi connectivity index (χ3n) is 2.77. The molecule has 2 rings (SSSR count). The Morgan fingerprint density at radius 3 is 2.76 bits per heavy atom. The molecule has 0 saturated heterocycles. The topological polar surface area (TPSA) is 54.5 Å². The summed E-state index contributed by atoms with van der Waals surface area (Å²) in [5.74, 6) is -0.409. The van der Waals surface area contributed by atoms with Crippen LogP contribution in [-0.2, 0) is 21.2 Å². The highest BCUT2D eigenvalue weighted by Gasteiger charge is 2.26. The van der Waals surface area contributed by atoms with E-state index in [9.17, 15) is 13.2 Å². The van der Waals surface area contributed by atoms with Gasteiger partial charge in [0.1, 0.15) is 5.88 Å². The smallest absolute Gasteiger partial charge is 0.237 e. The van der Waals surface area contributed by atoms with Crippen molar-refractivity contribution in [1.82, 2.24) is 4.90 Å². The van der Waals surface area contributed by atoms with Crippen LogP contribution >= 0.6 is 11.6 Å². The standard InChI is InChI=1S/C11H12ClNO3S/c12-7-11(14)13-5-6-17(15,16)10-4-2-1-3-9(10)8-13/h1-4H,5-8H2. The molecular formula is C11H12ClNO3S. The van der Waals surface area contributed by atoms with Gasteiger partial charge in [-0.05, 0) is 11.6 Å². The van der Waals surface area contributed by atoms with E-state index in [4.69, 9.17) is 11.6 Å². The summed E-state index contributed by atoms with van der Waals surface area (Å²) < 4.78 is 24.0. The molecule has 1 amide bonds. The number of hydrogen-bond acceptors (Lipinski definition) is 3. The van der Waals surface area contributed by atoms with Crippen molar-refractivity contribution in [1.29, 1.82) is 0 Å². The van der Waals surface area contributed by atoms with E-state index in [-0.39, 0.29) is 24.1 Å². The summed E-state index contributed by atoms with van der Waals surface area (Å²) >= 11 is 5.50. The monoisotopic (exact) mass is 273 g/mol. The molecule has 0 saturated carbocycles. The van der Waals surface area contributed by atoms with Gasteiger partial charge in [-0.15, -0.1) is 11.6 Å². The van der Waals surface area contributed by atoms with Gasteiger partial charge in [-0.25, -0.2) is 8.42 Å². The molecule has 1 heterocycles. The number of nitrogens with zero attached hydrogens (tertiary/aromatic N) is 1. The molecule has 1 aliphatic heterocycles. The van der Waals surface area contributed by atoms with Crippen LogP contribution in [0.4, 0.5) is 0 Å². The zero-order chi connectivity index (χ0) is 12.5. The molecule has 4 nitrogen and oxygen atoms in total. The number of carbonyl (C=O) groups excluding carboxylic acids is 1. The summed E-state index contributed by atoms with van der Waals surface area (Å²) in [6.07, 6.45) is 0. The number of alkyl halides is 1. The summed E-state index contributed by atoms with van der Waals surface area (Å²) in [4.78, 5) is 13.3. The number of benzene rings is 1. The predicted octanol–water partition coefficient (Wildman–Crippen LogP) is 1.04. The number of amides is 1. The van der Waals surface area contributed by atoms with Gasteiger partial charge in [0, 0.05) is 13.1 Å². The van der Waals surface area contributed by atoms with Gasteiger partial charge >= 0.3 is 0 Å². The van der Waals surface area contributed by atoms with Gasteiger partial charge in [-0.3, -0.25) is 4.79 Å². The maximum atomic E-state index is 12.0. The summed E-state index contributed by atoms with van der Waals surface area (Å²) in [6, 6.07) is 6.77. The van der Waals surface area contributed by atoms with Crippen molar-refractivity contribution in [3.63, 3.8) is 0 Å². The van der Waals surface area contributed by atoms with Crippen LogP contribution in [0.15, 0.2) is 29.2 Å². The fourth-order valence-corrected chi connectivity index (χ4v) is 3.53. The van der Waals surface area contributed by atoms with Gasteiger partial charge in [-0.2, -0.15) is 0 Å². The van der Waals surface area contributed by atoms with E-state index < -0.39 is 9.84 Å². The van der Waals surface area contributed by atoms with Crippen molar-refractivity contribution in [3.8, 4) is 0 Å². The lowest BCUT2D eigenvalue weighted by Crippen LogP contribution is -2.33. The van der Waals surface area contributed by atoms with Gasteiger partial charge in [0.15, 0.2) is 9.84 Å². The van der Waals surface area contributed by atoms with Crippen LogP contribution in [0.2, 0.25) is 0 Å². The number of sulfone groups is 1. The second-order valence-corrected chi connectivity index (χ2v) is 6.22. The molecule has 0 aromatic heterocycles. The predicted molar refractivity (Wildman–Crippen MR) is 64.6 cm³/mol. The second-order valence-electron chi connectivity index (χ2n) is 3.88. The summed E-state index contributed by atoms with van der Waals surface area (Å²) in [5.41, 5.74) is 0.656. The molecule has 0 fully saturated rings. The molecular weight excluding hydrogens is 262 g/mol. The van der Waals surface area contributed by atoms with Crippen LogP contribution < -0.4 is 0 Å². The molecule has 1 aromatic rings. The molecule has 1 aromatic carbocycles. The molecule has 0 radical (unpaired) electrons. The van der Waals surface area contributed by atoms with E-state index in [1.165, 1.54) is 4.90 Å². The Balaban J connectivity index is 2.43. The van der Waals surface area contributed by atoms with E-state index in [1.807, 2.05) is 0 Å². The Bertz CT molecular complexity index is 541. The molecule has 0 N–H and O–H groups in total. The quantitative estimate of drug-likeness (QED) is 0.719. The molecule has 6 heteroatoms. The van der Waals surface area contributed by atoms with Crippen LogP contribution in [-0.4, -0.2) is 37.4 Å². The van der Waals surface area contributed by atoms with Crippen molar-refractivity contribution in [3.05, 3.63) is 29.8 Å². The lowest BCUT2D eigenvalue weighted by molar-refractivity contribution is -0.128. The third kappa shape index (κ3) is 2.45. The van der Waals surface area contributed by atoms with Gasteiger partial charge in [-0.1, -0.05) is 18.2 Å². The Morgan fingerprint density at radius 2 is 2.06 bits per heavy atom. The van der Waals surface area contributed by atoms with Crippen LogP contribution in [0.1, 0.15) is 5.56 Å². The average molecular weight is 274 g/mol. The van der Waals surface area contributed by atoms with Crippen LogP contribution in [0.5, 0.6) is 0 Å². The Kier molecular flexibility index (Phi) is 3.40. The molecule has 17 heavy (non-hydrogen) atoms. The fourth-order valence-electron chi connectivity index (χ4n) is 1.86. The van der Waals surface area contributed by atoms with E-state index in [0.717, 1.165) is 0 Å². The summed E-state index contributed by atoms with van der Waals surface area (Å²) in [6.45, 7) is 0.503. The molecule has 92 valence electrons. The Labute approximate surface area is 105 Å². The van der Waals surface area contributed by atoms with Crippen LogP contribution in [0.3, 0.4) is 0 Å². The maximum Gasteiger partial charge on any atom is 0.237 e. The first kappa shape index (κ1) is 12.4. The minimum absolute atomic E-state index is 0.0490. The first-order valence-electron chi connectivity index (χ1n) is 5.19. The van der Waals surface area contributed by atoms with Gasteiger partial charge in [0.05, 0.1) is 10.6 Å². The van der Waals surface area contributed by atoms with Crippen molar-refractivity contribution in [2.45, 2.75) is 11.4 Å². The first-order chi connectivity index (χ1) is 8.04. The lowest BCUT2D eigenvalue weighted by atomic mass is 10.2. The van der Waals surface area contributed by atoms with E-state index >= 15 is 0 Å². The molecule has 0 aliphatic carbocycles. The van der Waals surface area contributed by atoms with Gasteiger partial charge in [0.25, 0.3) is 0 Å². The van der Waals surface area contributed by atoms with Crippen molar-refractivity contribution in [2.75, 3.05) is 18.2 Å². The Morgan fingerprint density at radius 1 is 1.35 bits per heavy atom. The highest BCUT2D eigenvalue weighted by molar-refractivity contribution is 7.91. The average Bonchev–Trinajstić information content (AvgIpc) is 2.46. The first-order valence-corrected chi connectivity index (χ1v) is 7.37. The van der Waals surface area contributed by atoms with Crippen molar-refractivity contribution < 1.29 is 13.2 Å². The molecule has 1 aliphatic rings. The maximum absolute atomic E-state index is 12.0. The molecule has 0 spiro atoms. The van der Waals surface area contributed by atoms with E-state index in [2.05, 4.69) is 0 Å². The number of halogens is 1. The van der Waals surface area contributed by atoms with Crippen LogP contribution in [0, 0.1) is 0 Å². The summed E-state index contributed by atoms with van der Waals surface area (Å²) in [5, 5.41) is 0. The minimum atomic E-state index is -3.29. The molecule has 0 bridgehead atoms. The number of rotatable bonds is 1. The lowest BCUT2D eigenvalue weighted by Gasteiger charge is -2.18. The number of hydrogen-bond donors (Lipinski definition) is 0. The second kappa shape index (κ2) is 4.66. The van der Waals surface area contributed by atoms with Crippen molar-refractivity contribution >= 4 is 27.3 Å². The highest BCUT2D eigenvalue weighted by Crippen LogP contribution is 2.22. The van der Waals surface area contributed by atoms with Gasteiger partial charge < -0.3 is 4.90 Å². The molecule has 0 unspecified atom stereocenters. The summed E-state index contributed by atoms with van der Waals surface area (Å²) in [7, 11) is -3.29. The highest BCUT2D eigenvalue weighted by atomic mass is 35.5. The SMILES string of the molecule is O=C(CCl)N1CCS(=O)(=O)c2ccccc2C1. The number of fused-ring (bicyclic) bond motifs is 1. The third-order valence-corrected chi connectivity index (χ3v) is 4.78. The minimum Gasteiger partial charge on any atom is -0.336 e. The van der Waals surface area contributed by atoms with E-state index in [1.54, 1.807) is 24.3 Å². The Hall–Kier alpha value is -1.07. The number of carbonyl (C=O) groups is 1. The largest absolute Gasteiger partial charge is 0.336 e. The fraction of sp³-hybridized carbons (Fsp3) is 0.364. The van der Waals surface area contributed by atoms with E-state index in [0.29, 0.717) is 17.0 Å². The zero-order valence-corrected chi connectivity index (χ0v) is 10.7. The van der Waals surface area contributed by atoms with Crippen LogP contribution in [0.25, 0.3) is 0 Å². The zero-order valence-electron chi connectivity index (χ0n) is 9.10. The molecule has 0 atom stereocenters. The normalized spacial score (nSPS) is 18.3.